The number of furan rings is 1. The van der Waals surface area contributed by atoms with Gasteiger partial charge in [-0.1, -0.05) is 26.7 Å². The predicted octanol–water partition coefficient (Wildman–Crippen LogP) is 3.01. The molecule has 0 spiro atoms. The summed E-state index contributed by atoms with van der Waals surface area (Å²) in [7, 11) is -3.54. The zero-order valence-corrected chi connectivity index (χ0v) is 14.9. The molecule has 2 rings (SSSR count). The van der Waals surface area contributed by atoms with Crippen LogP contribution in [0.5, 0.6) is 0 Å². The maximum absolute atomic E-state index is 12.4. The van der Waals surface area contributed by atoms with E-state index in [0.717, 1.165) is 19.4 Å². The highest BCUT2D eigenvalue weighted by Gasteiger charge is 2.31. The van der Waals surface area contributed by atoms with E-state index in [-0.39, 0.29) is 15.0 Å². The van der Waals surface area contributed by atoms with Crippen LogP contribution < -0.4 is 10.0 Å². The summed E-state index contributed by atoms with van der Waals surface area (Å²) in [6.07, 6.45) is 4.52. The highest BCUT2D eigenvalue weighted by atomic mass is 79.9. The number of nitrogens with one attached hydrogen (secondary N) is 2. The number of rotatable bonds is 7. The van der Waals surface area contributed by atoms with Crippen LogP contribution in [-0.4, -0.2) is 21.5 Å². The topological polar surface area (TPSA) is 71.3 Å². The van der Waals surface area contributed by atoms with Crippen molar-refractivity contribution in [3.05, 3.63) is 16.5 Å². The molecule has 1 saturated carbocycles. The van der Waals surface area contributed by atoms with Crippen molar-refractivity contribution >= 4 is 26.0 Å². The van der Waals surface area contributed by atoms with Gasteiger partial charge in [-0.15, -0.1) is 0 Å². The number of hydrogen-bond donors (Lipinski definition) is 2. The fourth-order valence-corrected chi connectivity index (χ4v) is 4.86. The van der Waals surface area contributed by atoms with Gasteiger partial charge in [0.15, 0.2) is 4.67 Å². The normalized spacial score (nSPS) is 18.2. The molecule has 0 bridgehead atoms. The van der Waals surface area contributed by atoms with Gasteiger partial charge in [0.2, 0.25) is 10.0 Å². The predicted molar refractivity (Wildman–Crippen MR) is 85.6 cm³/mol. The van der Waals surface area contributed by atoms with Crippen LogP contribution in [0.2, 0.25) is 0 Å². The molecule has 120 valence electrons. The Morgan fingerprint density at radius 1 is 1.38 bits per heavy atom. The van der Waals surface area contributed by atoms with Gasteiger partial charge in [0.1, 0.15) is 10.7 Å². The standard InChI is InChI=1S/C14H23BrN2O3S/c1-3-16-9-11-8-12(13(15)20-11)21(18,19)17-10-14(2)6-4-5-7-14/h8,16-17H,3-7,9-10H2,1-2H3. The molecule has 0 aliphatic heterocycles. The van der Waals surface area contributed by atoms with Crippen molar-refractivity contribution in [3.8, 4) is 0 Å². The second-order valence-corrected chi connectivity index (χ2v) is 8.43. The SMILES string of the molecule is CCNCc1cc(S(=O)(=O)NCC2(C)CCCC2)c(Br)o1. The Hall–Kier alpha value is -0.370. The van der Waals surface area contributed by atoms with Crippen LogP contribution >= 0.6 is 15.9 Å². The first-order valence-corrected chi connectivity index (χ1v) is 9.62. The van der Waals surface area contributed by atoms with E-state index in [1.54, 1.807) is 6.07 Å². The van der Waals surface area contributed by atoms with E-state index in [0.29, 0.717) is 18.8 Å². The molecule has 1 heterocycles. The van der Waals surface area contributed by atoms with E-state index in [1.807, 2.05) is 6.92 Å². The first-order chi connectivity index (χ1) is 9.86. The smallest absolute Gasteiger partial charge is 0.244 e. The Kier molecular flexibility index (Phi) is 5.51. The highest BCUT2D eigenvalue weighted by Crippen LogP contribution is 2.37. The molecule has 0 atom stereocenters. The zero-order valence-electron chi connectivity index (χ0n) is 12.5. The van der Waals surface area contributed by atoms with Crippen molar-refractivity contribution in [2.24, 2.45) is 5.41 Å². The first kappa shape index (κ1) is 17.0. The summed E-state index contributed by atoms with van der Waals surface area (Å²) in [6, 6.07) is 1.58. The lowest BCUT2D eigenvalue weighted by Gasteiger charge is -2.23. The number of sulfonamides is 1. The minimum Gasteiger partial charge on any atom is -0.452 e. The highest BCUT2D eigenvalue weighted by molar-refractivity contribution is 9.10. The quantitative estimate of drug-likeness (QED) is 0.764. The van der Waals surface area contributed by atoms with Crippen molar-refractivity contribution in [3.63, 3.8) is 0 Å². The summed E-state index contributed by atoms with van der Waals surface area (Å²) < 4.78 is 33.3. The van der Waals surface area contributed by atoms with Crippen LogP contribution in [0.15, 0.2) is 20.0 Å². The Labute approximate surface area is 135 Å². The molecular weight excluding hydrogens is 356 g/mol. The van der Waals surface area contributed by atoms with Gasteiger partial charge in [0, 0.05) is 12.6 Å². The molecule has 21 heavy (non-hydrogen) atoms. The molecule has 0 saturated heterocycles. The Morgan fingerprint density at radius 2 is 2.05 bits per heavy atom. The van der Waals surface area contributed by atoms with Crippen molar-refractivity contribution < 1.29 is 12.8 Å². The van der Waals surface area contributed by atoms with Crippen LogP contribution in [-0.2, 0) is 16.6 Å². The molecule has 0 amide bonds. The van der Waals surface area contributed by atoms with E-state index in [9.17, 15) is 8.42 Å². The van der Waals surface area contributed by atoms with E-state index in [1.165, 1.54) is 12.8 Å². The molecule has 1 aliphatic carbocycles. The van der Waals surface area contributed by atoms with Gasteiger partial charge in [-0.3, -0.25) is 0 Å². The molecule has 0 unspecified atom stereocenters. The van der Waals surface area contributed by atoms with Gasteiger partial charge in [-0.05, 0) is 40.7 Å². The fourth-order valence-electron chi connectivity index (χ4n) is 2.67. The Balaban J connectivity index is 2.06. The second-order valence-electron chi connectivity index (χ2n) is 5.97. The summed E-state index contributed by atoms with van der Waals surface area (Å²) in [5.74, 6) is 0.608. The average molecular weight is 379 g/mol. The molecule has 5 nitrogen and oxygen atoms in total. The number of hydrogen-bond acceptors (Lipinski definition) is 4. The van der Waals surface area contributed by atoms with Gasteiger partial charge in [0.25, 0.3) is 0 Å². The van der Waals surface area contributed by atoms with Crippen LogP contribution in [0.4, 0.5) is 0 Å². The summed E-state index contributed by atoms with van der Waals surface area (Å²) in [6.45, 7) is 5.93. The summed E-state index contributed by atoms with van der Waals surface area (Å²) in [4.78, 5) is 0.178. The average Bonchev–Trinajstić information content (AvgIpc) is 3.02. The lowest BCUT2D eigenvalue weighted by Crippen LogP contribution is -2.34. The maximum Gasteiger partial charge on any atom is 0.244 e. The van der Waals surface area contributed by atoms with Crippen molar-refractivity contribution in [1.29, 1.82) is 0 Å². The van der Waals surface area contributed by atoms with E-state index < -0.39 is 10.0 Å². The van der Waals surface area contributed by atoms with Crippen LogP contribution in [0.25, 0.3) is 0 Å². The molecule has 1 aliphatic rings. The number of halogens is 1. The van der Waals surface area contributed by atoms with Crippen molar-refractivity contribution in [2.45, 2.75) is 51.0 Å². The third-order valence-electron chi connectivity index (χ3n) is 4.04. The van der Waals surface area contributed by atoms with Crippen molar-refractivity contribution in [2.75, 3.05) is 13.1 Å². The lowest BCUT2D eigenvalue weighted by molar-refractivity contribution is 0.336. The Bertz CT molecular complexity index is 577. The third-order valence-corrected chi connectivity index (χ3v) is 6.30. The summed E-state index contributed by atoms with van der Waals surface area (Å²) in [5, 5.41) is 3.11. The summed E-state index contributed by atoms with van der Waals surface area (Å²) in [5.41, 5.74) is 0.0792. The monoisotopic (exact) mass is 378 g/mol. The van der Waals surface area contributed by atoms with Crippen molar-refractivity contribution in [1.82, 2.24) is 10.0 Å². The van der Waals surface area contributed by atoms with Crippen LogP contribution in [0.1, 0.15) is 45.3 Å². The molecule has 1 fully saturated rings. The van der Waals surface area contributed by atoms with Gasteiger partial charge < -0.3 is 9.73 Å². The molecule has 1 aromatic heterocycles. The second kappa shape index (κ2) is 6.81. The molecule has 0 radical (unpaired) electrons. The van der Waals surface area contributed by atoms with Gasteiger partial charge >= 0.3 is 0 Å². The fraction of sp³-hybridized carbons (Fsp3) is 0.714. The van der Waals surface area contributed by atoms with Gasteiger partial charge in [-0.2, -0.15) is 0 Å². The first-order valence-electron chi connectivity index (χ1n) is 7.35. The van der Waals surface area contributed by atoms with E-state index in [2.05, 4.69) is 32.9 Å². The molecule has 1 aromatic rings. The molecular formula is C14H23BrN2O3S. The van der Waals surface area contributed by atoms with Crippen LogP contribution in [0, 0.1) is 5.41 Å². The van der Waals surface area contributed by atoms with E-state index in [4.69, 9.17) is 4.42 Å². The van der Waals surface area contributed by atoms with Gasteiger partial charge in [0.05, 0.1) is 6.54 Å². The van der Waals surface area contributed by atoms with E-state index >= 15 is 0 Å². The Morgan fingerprint density at radius 3 is 2.67 bits per heavy atom. The maximum atomic E-state index is 12.4. The molecule has 0 aromatic carbocycles. The van der Waals surface area contributed by atoms with Gasteiger partial charge in [-0.25, -0.2) is 13.1 Å². The molecule has 7 heteroatoms. The minimum atomic E-state index is -3.54. The minimum absolute atomic E-state index is 0.0792. The van der Waals surface area contributed by atoms with Crippen LogP contribution in [0.3, 0.4) is 0 Å². The zero-order chi connectivity index (χ0) is 15.5. The lowest BCUT2D eigenvalue weighted by atomic mass is 9.89. The summed E-state index contributed by atoms with van der Waals surface area (Å²) >= 11 is 3.20. The largest absolute Gasteiger partial charge is 0.452 e. The molecule has 2 N–H and O–H groups in total. The third kappa shape index (κ3) is 4.31.